The van der Waals surface area contributed by atoms with Crippen molar-refractivity contribution in [2.24, 2.45) is 0 Å². The largest absolute Gasteiger partial charge is 0.310 e. The highest BCUT2D eigenvalue weighted by atomic mass is 14.9. The molecule has 0 aliphatic heterocycles. The molecule has 1 heterocycles. The van der Waals surface area contributed by atoms with Crippen LogP contribution >= 0.6 is 0 Å². The minimum atomic E-state index is 0.337. The average Bonchev–Trinajstić information content (AvgIpc) is 2.43. The molecule has 0 amide bonds. The van der Waals surface area contributed by atoms with E-state index in [0.717, 1.165) is 19.4 Å². The second-order valence-corrected chi connectivity index (χ2v) is 5.50. The molecular weight excluding hydrogens is 244 g/mol. The van der Waals surface area contributed by atoms with Crippen LogP contribution in [0, 0.1) is 13.8 Å². The van der Waals surface area contributed by atoms with Crippen LogP contribution in [0.25, 0.3) is 0 Å². The molecule has 0 aliphatic carbocycles. The van der Waals surface area contributed by atoms with Crippen molar-refractivity contribution >= 4 is 0 Å². The van der Waals surface area contributed by atoms with Gasteiger partial charge in [0.25, 0.3) is 0 Å². The van der Waals surface area contributed by atoms with Crippen LogP contribution in [0.2, 0.25) is 0 Å². The Morgan fingerprint density at radius 2 is 1.95 bits per heavy atom. The summed E-state index contributed by atoms with van der Waals surface area (Å²) >= 11 is 0. The van der Waals surface area contributed by atoms with Gasteiger partial charge in [0.05, 0.1) is 0 Å². The van der Waals surface area contributed by atoms with Gasteiger partial charge in [-0.25, -0.2) is 0 Å². The van der Waals surface area contributed by atoms with Crippen molar-refractivity contribution in [2.75, 3.05) is 6.54 Å². The third-order valence-corrected chi connectivity index (χ3v) is 3.46. The molecule has 1 N–H and O–H groups in total. The number of hydrogen-bond acceptors (Lipinski definition) is 2. The van der Waals surface area contributed by atoms with E-state index in [1.165, 1.54) is 22.3 Å². The van der Waals surface area contributed by atoms with E-state index in [1.54, 1.807) is 0 Å². The molecular formula is C18H24N2. The number of nitrogens with zero attached hydrogens (tertiary/aromatic N) is 1. The SMILES string of the molecule is CCCNC(Cc1cccc(C)c1)c1cncc(C)c1. The smallest absolute Gasteiger partial charge is 0.0376 e. The summed E-state index contributed by atoms with van der Waals surface area (Å²) in [5, 5.41) is 3.64. The summed E-state index contributed by atoms with van der Waals surface area (Å²) in [4.78, 5) is 4.33. The zero-order valence-corrected chi connectivity index (χ0v) is 12.7. The van der Waals surface area contributed by atoms with Crippen molar-refractivity contribution in [3.05, 3.63) is 65.0 Å². The molecule has 1 unspecified atom stereocenters. The van der Waals surface area contributed by atoms with Gasteiger partial charge in [-0.3, -0.25) is 4.98 Å². The number of aryl methyl sites for hydroxylation is 2. The number of aromatic nitrogens is 1. The predicted octanol–water partition coefficient (Wildman–Crippen LogP) is 3.98. The molecule has 0 saturated carbocycles. The maximum atomic E-state index is 4.33. The van der Waals surface area contributed by atoms with E-state index >= 15 is 0 Å². The van der Waals surface area contributed by atoms with E-state index in [-0.39, 0.29) is 0 Å². The number of pyridine rings is 1. The van der Waals surface area contributed by atoms with Crippen molar-refractivity contribution in [1.29, 1.82) is 0 Å². The highest BCUT2D eigenvalue weighted by Crippen LogP contribution is 2.19. The van der Waals surface area contributed by atoms with Crippen LogP contribution in [0.15, 0.2) is 42.7 Å². The Morgan fingerprint density at radius 3 is 2.65 bits per heavy atom. The van der Waals surface area contributed by atoms with Gasteiger partial charge in [-0.15, -0.1) is 0 Å². The minimum absolute atomic E-state index is 0.337. The normalized spacial score (nSPS) is 12.3. The zero-order valence-electron chi connectivity index (χ0n) is 12.7. The van der Waals surface area contributed by atoms with Gasteiger partial charge in [-0.1, -0.05) is 42.8 Å². The average molecular weight is 268 g/mol. The van der Waals surface area contributed by atoms with Crippen LogP contribution in [0.5, 0.6) is 0 Å². The van der Waals surface area contributed by atoms with Crippen molar-refractivity contribution in [2.45, 2.75) is 39.7 Å². The van der Waals surface area contributed by atoms with Crippen LogP contribution in [-0.2, 0) is 6.42 Å². The van der Waals surface area contributed by atoms with Crippen molar-refractivity contribution < 1.29 is 0 Å². The molecule has 0 spiro atoms. The molecule has 20 heavy (non-hydrogen) atoms. The molecule has 0 saturated heterocycles. The zero-order chi connectivity index (χ0) is 14.4. The monoisotopic (exact) mass is 268 g/mol. The molecule has 2 heteroatoms. The molecule has 2 aromatic rings. The number of rotatable bonds is 6. The van der Waals surface area contributed by atoms with Gasteiger partial charge >= 0.3 is 0 Å². The van der Waals surface area contributed by atoms with Gasteiger partial charge in [-0.2, -0.15) is 0 Å². The molecule has 1 aromatic carbocycles. The lowest BCUT2D eigenvalue weighted by molar-refractivity contribution is 0.527. The fourth-order valence-electron chi connectivity index (χ4n) is 2.47. The first kappa shape index (κ1) is 14.7. The first-order valence-corrected chi connectivity index (χ1v) is 7.39. The van der Waals surface area contributed by atoms with E-state index in [9.17, 15) is 0 Å². The van der Waals surface area contributed by atoms with E-state index in [1.807, 2.05) is 12.4 Å². The van der Waals surface area contributed by atoms with Crippen molar-refractivity contribution in [3.8, 4) is 0 Å². The molecule has 0 fully saturated rings. The Labute approximate surface area is 122 Å². The lowest BCUT2D eigenvalue weighted by Crippen LogP contribution is -2.24. The van der Waals surface area contributed by atoms with Crippen LogP contribution in [0.4, 0.5) is 0 Å². The van der Waals surface area contributed by atoms with Crippen molar-refractivity contribution in [3.63, 3.8) is 0 Å². The molecule has 106 valence electrons. The number of benzene rings is 1. The quantitative estimate of drug-likeness (QED) is 0.857. The van der Waals surface area contributed by atoms with E-state index in [0.29, 0.717) is 6.04 Å². The van der Waals surface area contributed by atoms with Gasteiger partial charge in [0, 0.05) is 18.4 Å². The maximum absolute atomic E-state index is 4.33. The Balaban J connectivity index is 2.19. The number of nitrogens with one attached hydrogen (secondary N) is 1. The van der Waals surface area contributed by atoms with Gasteiger partial charge in [-0.05, 0) is 49.9 Å². The summed E-state index contributed by atoms with van der Waals surface area (Å²) in [5.74, 6) is 0. The van der Waals surface area contributed by atoms with Gasteiger partial charge < -0.3 is 5.32 Å². The summed E-state index contributed by atoms with van der Waals surface area (Å²) in [7, 11) is 0. The minimum Gasteiger partial charge on any atom is -0.310 e. The topological polar surface area (TPSA) is 24.9 Å². The van der Waals surface area contributed by atoms with Gasteiger partial charge in [0.2, 0.25) is 0 Å². The van der Waals surface area contributed by atoms with E-state index in [4.69, 9.17) is 0 Å². The second kappa shape index (κ2) is 7.20. The summed E-state index contributed by atoms with van der Waals surface area (Å²) in [6, 6.07) is 11.3. The summed E-state index contributed by atoms with van der Waals surface area (Å²) in [6.07, 6.45) is 6.04. The molecule has 0 radical (unpaired) electrons. The summed E-state index contributed by atoms with van der Waals surface area (Å²) < 4.78 is 0. The summed E-state index contributed by atoms with van der Waals surface area (Å²) in [5.41, 5.74) is 5.19. The van der Waals surface area contributed by atoms with Crippen molar-refractivity contribution in [1.82, 2.24) is 10.3 Å². The number of hydrogen-bond donors (Lipinski definition) is 1. The molecule has 0 bridgehead atoms. The Kier molecular flexibility index (Phi) is 5.31. The van der Waals surface area contributed by atoms with Crippen LogP contribution in [-0.4, -0.2) is 11.5 Å². The third kappa shape index (κ3) is 4.17. The fraction of sp³-hybridized carbons (Fsp3) is 0.389. The van der Waals surface area contributed by atoms with Crippen LogP contribution in [0.1, 0.15) is 41.6 Å². The molecule has 1 atom stereocenters. The van der Waals surface area contributed by atoms with E-state index in [2.05, 4.69) is 61.4 Å². The fourth-order valence-corrected chi connectivity index (χ4v) is 2.47. The standard InChI is InChI=1S/C18H24N2/c1-4-8-20-18(17-10-15(3)12-19-13-17)11-16-7-5-6-14(2)9-16/h5-7,9-10,12-13,18,20H,4,8,11H2,1-3H3. The lowest BCUT2D eigenvalue weighted by atomic mass is 9.98. The van der Waals surface area contributed by atoms with Gasteiger partial charge in [0.1, 0.15) is 0 Å². The second-order valence-electron chi connectivity index (χ2n) is 5.50. The first-order valence-electron chi connectivity index (χ1n) is 7.39. The first-order chi connectivity index (χ1) is 9.69. The van der Waals surface area contributed by atoms with E-state index < -0.39 is 0 Å². The van der Waals surface area contributed by atoms with Gasteiger partial charge in [0.15, 0.2) is 0 Å². The maximum Gasteiger partial charge on any atom is 0.0376 e. The Morgan fingerprint density at radius 1 is 1.10 bits per heavy atom. The predicted molar refractivity (Wildman–Crippen MR) is 84.9 cm³/mol. The highest BCUT2D eigenvalue weighted by Gasteiger charge is 2.12. The lowest BCUT2D eigenvalue weighted by Gasteiger charge is -2.19. The molecule has 2 nitrogen and oxygen atoms in total. The Hall–Kier alpha value is -1.67. The van der Waals surface area contributed by atoms with Crippen LogP contribution in [0.3, 0.4) is 0 Å². The summed E-state index contributed by atoms with van der Waals surface area (Å²) in [6.45, 7) is 7.47. The third-order valence-electron chi connectivity index (χ3n) is 3.46. The molecule has 0 aliphatic rings. The molecule has 1 aromatic heterocycles. The Bertz CT molecular complexity index is 549. The highest BCUT2D eigenvalue weighted by molar-refractivity contribution is 5.27. The molecule has 2 rings (SSSR count). The van der Waals surface area contributed by atoms with Crippen LogP contribution < -0.4 is 5.32 Å².